The summed E-state index contributed by atoms with van der Waals surface area (Å²) in [5.74, 6) is 0.0160. The van der Waals surface area contributed by atoms with E-state index in [-0.39, 0.29) is 30.3 Å². The van der Waals surface area contributed by atoms with Gasteiger partial charge in [-0.05, 0) is 42.0 Å². The van der Waals surface area contributed by atoms with Gasteiger partial charge in [0.2, 0.25) is 11.8 Å². The fourth-order valence-corrected chi connectivity index (χ4v) is 5.06. The number of nitrogens with one attached hydrogen (secondary N) is 1. The van der Waals surface area contributed by atoms with E-state index in [1.165, 1.54) is 12.1 Å². The van der Waals surface area contributed by atoms with E-state index in [0.717, 1.165) is 36.8 Å². The van der Waals surface area contributed by atoms with Crippen molar-refractivity contribution in [1.82, 2.24) is 15.1 Å². The summed E-state index contributed by atoms with van der Waals surface area (Å²) in [7, 11) is 0. The molecule has 4 rings (SSSR count). The molecule has 1 unspecified atom stereocenters. The van der Waals surface area contributed by atoms with Gasteiger partial charge in [-0.2, -0.15) is 0 Å². The van der Waals surface area contributed by atoms with Gasteiger partial charge in [0.1, 0.15) is 12.4 Å². The number of benzene rings is 2. The standard InChI is InChI=1S/C27H34FN3O3/c28-24-12-6-9-22(17-24)18-29-27(33)26(23-10-4-5-11-23)31-15-13-30(14-16-31)25(32)20-34-19-21-7-2-1-3-8-21/h1-3,6-9,12,17,23,26H,4-5,10-11,13-16,18-20H2,(H,29,33). The maximum Gasteiger partial charge on any atom is 0.248 e. The van der Waals surface area contributed by atoms with Gasteiger partial charge in [-0.1, -0.05) is 55.3 Å². The van der Waals surface area contributed by atoms with Crippen LogP contribution >= 0.6 is 0 Å². The van der Waals surface area contributed by atoms with Crippen LogP contribution in [0, 0.1) is 11.7 Å². The molecule has 2 aliphatic rings. The summed E-state index contributed by atoms with van der Waals surface area (Å²) < 4.78 is 19.1. The maximum atomic E-state index is 13.5. The molecule has 182 valence electrons. The second-order valence-electron chi connectivity index (χ2n) is 9.23. The Balaban J connectivity index is 1.28. The van der Waals surface area contributed by atoms with E-state index in [9.17, 15) is 14.0 Å². The molecule has 1 saturated carbocycles. The van der Waals surface area contributed by atoms with E-state index >= 15 is 0 Å². The zero-order chi connectivity index (χ0) is 23.8. The highest BCUT2D eigenvalue weighted by Crippen LogP contribution is 2.31. The molecule has 34 heavy (non-hydrogen) atoms. The van der Waals surface area contributed by atoms with Crippen LogP contribution in [0.15, 0.2) is 54.6 Å². The van der Waals surface area contributed by atoms with Gasteiger partial charge in [0.25, 0.3) is 0 Å². The first-order chi connectivity index (χ1) is 16.6. The van der Waals surface area contributed by atoms with Gasteiger partial charge >= 0.3 is 0 Å². The van der Waals surface area contributed by atoms with E-state index in [0.29, 0.717) is 45.2 Å². The van der Waals surface area contributed by atoms with Gasteiger partial charge in [0.05, 0.1) is 12.6 Å². The summed E-state index contributed by atoms with van der Waals surface area (Å²) in [5, 5.41) is 3.03. The molecule has 6 nitrogen and oxygen atoms in total. The summed E-state index contributed by atoms with van der Waals surface area (Å²) in [6, 6.07) is 15.9. The van der Waals surface area contributed by atoms with Crippen molar-refractivity contribution < 1.29 is 18.7 Å². The van der Waals surface area contributed by atoms with Gasteiger partial charge in [-0.25, -0.2) is 4.39 Å². The van der Waals surface area contributed by atoms with Crippen molar-refractivity contribution in [3.63, 3.8) is 0 Å². The Hall–Kier alpha value is -2.77. The molecular formula is C27H34FN3O3. The molecule has 0 spiro atoms. The van der Waals surface area contributed by atoms with E-state index in [1.54, 1.807) is 6.07 Å². The minimum absolute atomic E-state index is 0.00197. The summed E-state index contributed by atoms with van der Waals surface area (Å²) in [4.78, 5) is 29.9. The normalized spacial score (nSPS) is 18.1. The van der Waals surface area contributed by atoms with Gasteiger partial charge in [-0.3, -0.25) is 14.5 Å². The highest BCUT2D eigenvalue weighted by atomic mass is 19.1. The van der Waals surface area contributed by atoms with Crippen molar-refractivity contribution in [3.05, 3.63) is 71.5 Å². The van der Waals surface area contributed by atoms with Crippen molar-refractivity contribution in [2.45, 2.75) is 44.9 Å². The molecule has 1 heterocycles. The predicted molar refractivity (Wildman–Crippen MR) is 128 cm³/mol. The molecule has 7 heteroatoms. The number of ether oxygens (including phenoxy) is 1. The Kier molecular flexibility index (Phi) is 8.66. The van der Waals surface area contributed by atoms with Crippen LogP contribution in [0.3, 0.4) is 0 Å². The number of carbonyl (C=O) groups is 2. The van der Waals surface area contributed by atoms with Crippen LogP contribution < -0.4 is 5.32 Å². The molecule has 1 aliphatic heterocycles. The summed E-state index contributed by atoms with van der Waals surface area (Å²) in [5.41, 5.74) is 1.80. The van der Waals surface area contributed by atoms with Crippen molar-refractivity contribution in [3.8, 4) is 0 Å². The lowest BCUT2D eigenvalue weighted by atomic mass is 9.95. The van der Waals surface area contributed by atoms with Crippen LogP contribution in [-0.2, 0) is 27.5 Å². The van der Waals surface area contributed by atoms with E-state index in [4.69, 9.17) is 4.74 Å². The van der Waals surface area contributed by atoms with E-state index in [1.807, 2.05) is 41.3 Å². The minimum atomic E-state index is -0.298. The smallest absolute Gasteiger partial charge is 0.248 e. The Morgan fingerprint density at radius 3 is 2.38 bits per heavy atom. The maximum absolute atomic E-state index is 13.5. The summed E-state index contributed by atoms with van der Waals surface area (Å²) in [6.45, 7) is 3.31. The van der Waals surface area contributed by atoms with Gasteiger partial charge in [0.15, 0.2) is 0 Å². The van der Waals surface area contributed by atoms with Crippen LogP contribution in [0.5, 0.6) is 0 Å². The summed E-state index contributed by atoms with van der Waals surface area (Å²) >= 11 is 0. The minimum Gasteiger partial charge on any atom is -0.367 e. The molecular weight excluding hydrogens is 433 g/mol. The number of hydrogen-bond acceptors (Lipinski definition) is 4. The number of piperazine rings is 1. The van der Waals surface area contributed by atoms with Crippen molar-refractivity contribution in [2.75, 3.05) is 32.8 Å². The molecule has 1 atom stereocenters. The molecule has 1 N–H and O–H groups in total. The van der Waals surface area contributed by atoms with Crippen LogP contribution in [0.4, 0.5) is 4.39 Å². The first-order valence-electron chi connectivity index (χ1n) is 12.3. The van der Waals surface area contributed by atoms with Crippen molar-refractivity contribution >= 4 is 11.8 Å². The topological polar surface area (TPSA) is 61.9 Å². The fraction of sp³-hybridized carbons (Fsp3) is 0.481. The Morgan fingerprint density at radius 2 is 1.68 bits per heavy atom. The lowest BCUT2D eigenvalue weighted by molar-refractivity contribution is -0.139. The highest BCUT2D eigenvalue weighted by Gasteiger charge is 2.37. The van der Waals surface area contributed by atoms with Crippen LogP contribution in [0.2, 0.25) is 0 Å². The molecule has 0 radical (unpaired) electrons. The van der Waals surface area contributed by atoms with Crippen molar-refractivity contribution in [1.29, 1.82) is 0 Å². The molecule has 2 aromatic carbocycles. The van der Waals surface area contributed by atoms with Crippen molar-refractivity contribution in [2.24, 2.45) is 5.92 Å². The molecule has 0 bridgehead atoms. The van der Waals surface area contributed by atoms with E-state index in [2.05, 4.69) is 10.2 Å². The summed E-state index contributed by atoms with van der Waals surface area (Å²) in [6.07, 6.45) is 4.39. The SMILES string of the molecule is O=C(NCc1cccc(F)c1)C(C1CCCC1)N1CCN(C(=O)COCc2ccccc2)CC1. The van der Waals surface area contributed by atoms with Gasteiger partial charge in [-0.15, -0.1) is 0 Å². The molecule has 0 aromatic heterocycles. The Morgan fingerprint density at radius 1 is 0.971 bits per heavy atom. The average Bonchev–Trinajstić information content (AvgIpc) is 3.38. The number of amides is 2. The zero-order valence-electron chi connectivity index (χ0n) is 19.6. The molecule has 1 aliphatic carbocycles. The monoisotopic (exact) mass is 467 g/mol. The number of hydrogen-bond donors (Lipinski definition) is 1. The lowest BCUT2D eigenvalue weighted by Crippen LogP contribution is -2.58. The fourth-order valence-electron chi connectivity index (χ4n) is 5.06. The lowest BCUT2D eigenvalue weighted by Gasteiger charge is -2.40. The van der Waals surface area contributed by atoms with Crippen LogP contribution in [0.25, 0.3) is 0 Å². The predicted octanol–water partition coefficient (Wildman–Crippen LogP) is 3.36. The molecule has 2 aromatic rings. The Labute approximate surface area is 201 Å². The number of halogens is 1. The Bertz CT molecular complexity index is 941. The second-order valence-corrected chi connectivity index (χ2v) is 9.23. The number of carbonyl (C=O) groups excluding carboxylic acids is 2. The third-order valence-corrected chi connectivity index (χ3v) is 6.87. The quantitative estimate of drug-likeness (QED) is 0.614. The van der Waals surface area contributed by atoms with Gasteiger partial charge < -0.3 is 15.0 Å². The third-order valence-electron chi connectivity index (χ3n) is 6.87. The third kappa shape index (κ3) is 6.64. The van der Waals surface area contributed by atoms with Crippen LogP contribution in [0.1, 0.15) is 36.8 Å². The van der Waals surface area contributed by atoms with E-state index < -0.39 is 0 Å². The molecule has 2 amide bonds. The number of rotatable bonds is 9. The average molecular weight is 468 g/mol. The van der Waals surface area contributed by atoms with Gasteiger partial charge in [0, 0.05) is 32.7 Å². The first kappa shape index (κ1) is 24.4. The largest absolute Gasteiger partial charge is 0.367 e. The van der Waals surface area contributed by atoms with Crippen LogP contribution in [-0.4, -0.2) is 60.4 Å². The highest BCUT2D eigenvalue weighted by molar-refractivity contribution is 5.82. The molecule has 2 fully saturated rings. The second kappa shape index (κ2) is 12.1. The molecule has 1 saturated heterocycles. The zero-order valence-corrected chi connectivity index (χ0v) is 19.6. The first-order valence-corrected chi connectivity index (χ1v) is 12.3. The number of nitrogens with zero attached hydrogens (tertiary/aromatic N) is 2.